The minimum atomic E-state index is -0.269. The van der Waals surface area contributed by atoms with Gasteiger partial charge in [-0.25, -0.2) is 0 Å². The van der Waals surface area contributed by atoms with Crippen molar-refractivity contribution in [3.05, 3.63) is 105 Å². The molecule has 1 heterocycles. The molecule has 0 fully saturated rings. The molecule has 0 saturated carbocycles. The molecule has 2 aromatic carbocycles. The van der Waals surface area contributed by atoms with Gasteiger partial charge in [0.2, 0.25) is 0 Å². The van der Waals surface area contributed by atoms with Crippen molar-refractivity contribution < 1.29 is 9.53 Å². The van der Waals surface area contributed by atoms with Crippen LogP contribution in [0.3, 0.4) is 0 Å². The SMILES string of the molecule is C=C(/C=C/c1cccn1-c1ccc(Cl)cc1C(=O)c1cccc(Cl)c1Cl)OC. The monoisotopic (exact) mass is 431 g/mol. The Labute approximate surface area is 178 Å². The van der Waals surface area contributed by atoms with E-state index < -0.39 is 0 Å². The first-order valence-electron chi connectivity index (χ1n) is 8.29. The molecular formula is C22H16Cl3NO2. The highest BCUT2D eigenvalue weighted by atomic mass is 35.5. The van der Waals surface area contributed by atoms with E-state index in [1.54, 1.807) is 49.6 Å². The zero-order valence-electron chi connectivity index (χ0n) is 15.0. The maximum Gasteiger partial charge on any atom is 0.196 e. The quantitative estimate of drug-likeness (QED) is 0.242. The topological polar surface area (TPSA) is 31.2 Å². The van der Waals surface area contributed by atoms with Crippen LogP contribution >= 0.6 is 34.8 Å². The molecule has 3 aromatic rings. The Balaban J connectivity index is 2.12. The second kappa shape index (κ2) is 8.70. The van der Waals surface area contributed by atoms with Crippen molar-refractivity contribution in [3.8, 4) is 5.69 Å². The molecule has 0 aliphatic carbocycles. The summed E-state index contributed by atoms with van der Waals surface area (Å²) in [6, 6.07) is 13.9. The number of halogens is 3. The van der Waals surface area contributed by atoms with Gasteiger partial charge in [0.25, 0.3) is 0 Å². The van der Waals surface area contributed by atoms with Crippen LogP contribution in [0.5, 0.6) is 0 Å². The molecule has 0 saturated heterocycles. The third-order valence-electron chi connectivity index (χ3n) is 4.14. The number of benzene rings is 2. The molecule has 142 valence electrons. The smallest absolute Gasteiger partial charge is 0.196 e. The molecule has 0 unspecified atom stereocenters. The first-order chi connectivity index (χ1) is 13.4. The Hall–Kier alpha value is -2.46. The molecule has 6 heteroatoms. The third-order valence-corrected chi connectivity index (χ3v) is 5.20. The standard InChI is InChI=1S/C22H16Cl3NO2/c1-14(28-2)8-10-16-5-4-12-26(16)20-11-9-15(23)13-18(20)22(27)17-6-3-7-19(24)21(17)25/h3-13H,1H2,2H3/b10-8+. The molecule has 3 rings (SSSR count). The lowest BCUT2D eigenvalue weighted by molar-refractivity contribution is 0.103. The van der Waals surface area contributed by atoms with Crippen molar-refractivity contribution in [2.24, 2.45) is 0 Å². The lowest BCUT2D eigenvalue weighted by atomic mass is 10.0. The van der Waals surface area contributed by atoms with Crippen LogP contribution in [0, 0.1) is 0 Å². The number of aromatic nitrogens is 1. The van der Waals surface area contributed by atoms with Gasteiger partial charge in [0.05, 0.1) is 22.8 Å². The van der Waals surface area contributed by atoms with Gasteiger partial charge in [0.1, 0.15) is 5.76 Å². The summed E-state index contributed by atoms with van der Waals surface area (Å²) in [4.78, 5) is 13.2. The Morgan fingerprint density at radius 1 is 1.07 bits per heavy atom. The van der Waals surface area contributed by atoms with Crippen LogP contribution in [0.1, 0.15) is 21.6 Å². The molecule has 1 aromatic heterocycles. The number of allylic oxidation sites excluding steroid dienone is 1. The van der Waals surface area contributed by atoms with E-state index in [1.807, 2.05) is 29.0 Å². The van der Waals surface area contributed by atoms with Crippen LogP contribution in [0.15, 0.2) is 73.1 Å². The lowest BCUT2D eigenvalue weighted by Crippen LogP contribution is -2.09. The van der Waals surface area contributed by atoms with Crippen molar-refractivity contribution >= 4 is 46.7 Å². The van der Waals surface area contributed by atoms with Crippen molar-refractivity contribution in [3.63, 3.8) is 0 Å². The lowest BCUT2D eigenvalue weighted by Gasteiger charge is -2.14. The van der Waals surface area contributed by atoms with Gasteiger partial charge in [0, 0.05) is 28.0 Å². The molecule has 0 radical (unpaired) electrons. The minimum Gasteiger partial charge on any atom is -0.497 e. The molecule has 28 heavy (non-hydrogen) atoms. The summed E-state index contributed by atoms with van der Waals surface area (Å²) < 4.78 is 6.94. The number of carbonyl (C=O) groups is 1. The van der Waals surface area contributed by atoms with Gasteiger partial charge in [-0.3, -0.25) is 4.79 Å². The summed E-state index contributed by atoms with van der Waals surface area (Å²) in [5, 5.41) is 0.977. The number of carbonyl (C=O) groups excluding carboxylic acids is 1. The summed E-state index contributed by atoms with van der Waals surface area (Å²) in [6.07, 6.45) is 5.45. The van der Waals surface area contributed by atoms with E-state index in [1.165, 1.54) is 0 Å². The van der Waals surface area contributed by atoms with Crippen LogP contribution in [-0.4, -0.2) is 17.5 Å². The minimum absolute atomic E-state index is 0.212. The second-order valence-electron chi connectivity index (χ2n) is 5.90. The van der Waals surface area contributed by atoms with Crippen molar-refractivity contribution in [2.45, 2.75) is 0 Å². The predicted octanol–water partition coefficient (Wildman–Crippen LogP) is 6.84. The number of rotatable bonds is 6. The fourth-order valence-electron chi connectivity index (χ4n) is 2.72. The normalized spacial score (nSPS) is 11.0. The molecular weight excluding hydrogens is 417 g/mol. The van der Waals surface area contributed by atoms with Gasteiger partial charge in [-0.15, -0.1) is 0 Å². The Bertz CT molecular complexity index is 1080. The number of hydrogen-bond donors (Lipinski definition) is 0. The molecule has 3 nitrogen and oxygen atoms in total. The zero-order valence-corrected chi connectivity index (χ0v) is 17.2. The second-order valence-corrected chi connectivity index (χ2v) is 7.12. The van der Waals surface area contributed by atoms with E-state index in [2.05, 4.69) is 6.58 Å². The molecule has 0 atom stereocenters. The maximum atomic E-state index is 13.2. The summed E-state index contributed by atoms with van der Waals surface area (Å²) in [7, 11) is 1.55. The van der Waals surface area contributed by atoms with Gasteiger partial charge in [-0.05, 0) is 54.6 Å². The van der Waals surface area contributed by atoms with Crippen LogP contribution in [0.25, 0.3) is 11.8 Å². The van der Waals surface area contributed by atoms with Gasteiger partial charge >= 0.3 is 0 Å². The summed E-state index contributed by atoms with van der Waals surface area (Å²) in [5.74, 6) is 0.251. The predicted molar refractivity (Wildman–Crippen MR) is 116 cm³/mol. The van der Waals surface area contributed by atoms with Crippen molar-refractivity contribution in [2.75, 3.05) is 7.11 Å². The Kier molecular flexibility index (Phi) is 6.30. The summed E-state index contributed by atoms with van der Waals surface area (Å²) in [6.45, 7) is 3.77. The van der Waals surface area contributed by atoms with Crippen LogP contribution < -0.4 is 0 Å². The average Bonchev–Trinajstić information content (AvgIpc) is 3.16. The molecule has 0 aliphatic rings. The molecule has 0 bridgehead atoms. The first-order valence-corrected chi connectivity index (χ1v) is 9.42. The van der Waals surface area contributed by atoms with E-state index in [0.29, 0.717) is 32.6 Å². The number of methoxy groups -OCH3 is 1. The summed E-state index contributed by atoms with van der Waals surface area (Å²) >= 11 is 18.5. The van der Waals surface area contributed by atoms with Crippen molar-refractivity contribution in [1.82, 2.24) is 4.57 Å². The van der Waals surface area contributed by atoms with Crippen LogP contribution in [-0.2, 0) is 4.74 Å². The van der Waals surface area contributed by atoms with E-state index in [4.69, 9.17) is 39.5 Å². The van der Waals surface area contributed by atoms with Crippen molar-refractivity contribution in [1.29, 1.82) is 0 Å². The van der Waals surface area contributed by atoms with Gasteiger partial charge < -0.3 is 9.30 Å². The molecule has 0 amide bonds. The molecule has 0 spiro atoms. The van der Waals surface area contributed by atoms with Crippen LogP contribution in [0.2, 0.25) is 15.1 Å². The van der Waals surface area contributed by atoms with E-state index in [9.17, 15) is 4.79 Å². The number of nitrogens with zero attached hydrogens (tertiary/aromatic N) is 1. The Morgan fingerprint density at radius 3 is 2.61 bits per heavy atom. The van der Waals surface area contributed by atoms with Gasteiger partial charge in [-0.1, -0.05) is 47.4 Å². The highest BCUT2D eigenvalue weighted by molar-refractivity contribution is 6.44. The number of hydrogen-bond acceptors (Lipinski definition) is 2. The number of ketones is 1. The number of ether oxygens (including phenoxy) is 1. The van der Waals surface area contributed by atoms with E-state index in [0.717, 1.165) is 5.69 Å². The fraction of sp³-hybridized carbons (Fsp3) is 0.0455. The molecule has 0 aliphatic heterocycles. The van der Waals surface area contributed by atoms with Gasteiger partial charge in [-0.2, -0.15) is 0 Å². The zero-order chi connectivity index (χ0) is 20.3. The maximum absolute atomic E-state index is 13.2. The van der Waals surface area contributed by atoms with E-state index in [-0.39, 0.29) is 10.8 Å². The average molecular weight is 433 g/mol. The van der Waals surface area contributed by atoms with E-state index >= 15 is 0 Å². The fourth-order valence-corrected chi connectivity index (χ4v) is 3.28. The third kappa shape index (κ3) is 4.17. The van der Waals surface area contributed by atoms with Gasteiger partial charge in [0.15, 0.2) is 5.78 Å². The first kappa shape index (κ1) is 20.3. The van der Waals surface area contributed by atoms with Crippen LogP contribution in [0.4, 0.5) is 0 Å². The Morgan fingerprint density at radius 2 is 1.86 bits per heavy atom. The summed E-state index contributed by atoms with van der Waals surface area (Å²) in [5.41, 5.74) is 2.23. The highest BCUT2D eigenvalue weighted by Gasteiger charge is 2.20. The highest BCUT2D eigenvalue weighted by Crippen LogP contribution is 2.30. The largest absolute Gasteiger partial charge is 0.497 e. The molecule has 0 N–H and O–H groups in total.